The summed E-state index contributed by atoms with van der Waals surface area (Å²) < 4.78 is 40.2. The van der Waals surface area contributed by atoms with E-state index in [1.54, 1.807) is 18.2 Å². The molecule has 1 heterocycles. The van der Waals surface area contributed by atoms with E-state index in [0.717, 1.165) is 11.6 Å². The van der Waals surface area contributed by atoms with Gasteiger partial charge in [-0.25, -0.2) is 17.6 Å². The summed E-state index contributed by atoms with van der Waals surface area (Å²) in [6.07, 6.45) is 0.791. The molecule has 1 atom stereocenters. The van der Waals surface area contributed by atoms with Crippen LogP contribution >= 0.6 is 11.6 Å². The van der Waals surface area contributed by atoms with E-state index in [1.807, 2.05) is 0 Å². The number of benzene rings is 3. The monoisotopic (exact) mass is 488 g/mol. The zero-order valence-electron chi connectivity index (χ0n) is 17.0. The van der Waals surface area contributed by atoms with Gasteiger partial charge in [0, 0.05) is 11.4 Å². The van der Waals surface area contributed by atoms with Gasteiger partial charge in [-0.05, 0) is 66.9 Å². The van der Waals surface area contributed by atoms with Crippen LogP contribution in [-0.2, 0) is 16.3 Å². The number of halogens is 2. The number of amides is 1. The van der Waals surface area contributed by atoms with Crippen molar-refractivity contribution in [2.24, 2.45) is 0 Å². The average Bonchev–Trinajstić information content (AvgIpc) is 2.78. The number of carboxylic acid groups (broad SMARTS) is 1. The minimum absolute atomic E-state index is 0.00658. The van der Waals surface area contributed by atoms with Crippen molar-refractivity contribution in [1.82, 2.24) is 0 Å². The molecular weight excluding hydrogens is 471 g/mol. The Labute approximate surface area is 194 Å². The Morgan fingerprint density at radius 2 is 1.82 bits per heavy atom. The van der Waals surface area contributed by atoms with Crippen molar-refractivity contribution in [1.29, 1.82) is 0 Å². The van der Waals surface area contributed by atoms with Crippen LogP contribution in [0.4, 0.5) is 15.8 Å². The lowest BCUT2D eigenvalue weighted by Crippen LogP contribution is -2.33. The van der Waals surface area contributed by atoms with Crippen LogP contribution in [0.5, 0.6) is 0 Å². The number of rotatable bonds is 5. The second-order valence-corrected chi connectivity index (χ2v) is 10.0. The van der Waals surface area contributed by atoms with Gasteiger partial charge in [-0.15, -0.1) is 0 Å². The van der Waals surface area contributed by atoms with Crippen LogP contribution < -0.4 is 10.6 Å². The summed E-state index contributed by atoms with van der Waals surface area (Å²) in [6.45, 7) is 0. The van der Waals surface area contributed by atoms with E-state index in [9.17, 15) is 22.4 Å². The summed E-state index contributed by atoms with van der Waals surface area (Å²) in [6, 6.07) is 13.9. The van der Waals surface area contributed by atoms with Crippen molar-refractivity contribution in [3.8, 4) is 0 Å². The largest absolute Gasteiger partial charge is 0.478 e. The standard InChI is InChI=1S/C23H18ClFN2O5S/c24-17-2-1-3-18(25)21(17)22(28)26-15-8-4-13-7-11-20(27-19(13)12-15)33(31,32)16-9-5-14(6-10-16)23(29)30/h1-6,8-10,12,20,27H,7,11H2,(H,26,28)(H,29,30). The number of nitrogens with one attached hydrogen (secondary N) is 2. The molecule has 3 aromatic carbocycles. The van der Waals surface area contributed by atoms with Gasteiger partial charge in [0.05, 0.1) is 21.0 Å². The van der Waals surface area contributed by atoms with E-state index in [1.165, 1.54) is 36.4 Å². The third-order valence-corrected chi connectivity index (χ3v) is 7.70. The van der Waals surface area contributed by atoms with Gasteiger partial charge < -0.3 is 15.7 Å². The first-order valence-corrected chi connectivity index (χ1v) is 11.8. The highest BCUT2D eigenvalue weighted by Crippen LogP contribution is 2.32. The summed E-state index contributed by atoms with van der Waals surface area (Å²) in [5.41, 5.74) is 1.44. The molecule has 0 bridgehead atoms. The van der Waals surface area contributed by atoms with Crippen LogP contribution in [-0.4, -0.2) is 30.8 Å². The molecule has 170 valence electrons. The molecule has 3 N–H and O–H groups in total. The molecule has 10 heteroatoms. The lowest BCUT2D eigenvalue weighted by Gasteiger charge is -2.27. The number of carbonyl (C=O) groups is 2. The summed E-state index contributed by atoms with van der Waals surface area (Å²) in [4.78, 5) is 23.5. The van der Waals surface area contributed by atoms with E-state index in [4.69, 9.17) is 16.7 Å². The SMILES string of the molecule is O=C(O)c1ccc(S(=O)(=O)C2CCc3ccc(NC(=O)c4c(F)cccc4Cl)cc3N2)cc1. The number of aromatic carboxylic acids is 1. The first-order valence-electron chi connectivity index (χ1n) is 9.89. The van der Waals surface area contributed by atoms with E-state index in [2.05, 4.69) is 10.6 Å². The maximum absolute atomic E-state index is 14.0. The smallest absolute Gasteiger partial charge is 0.335 e. The molecule has 0 saturated carbocycles. The molecule has 4 rings (SSSR count). The van der Waals surface area contributed by atoms with Crippen molar-refractivity contribution < 1.29 is 27.5 Å². The van der Waals surface area contributed by atoms with Gasteiger partial charge in [-0.3, -0.25) is 4.79 Å². The molecule has 1 aliphatic rings. The third-order valence-electron chi connectivity index (χ3n) is 5.35. The van der Waals surface area contributed by atoms with Gasteiger partial charge in [0.2, 0.25) is 0 Å². The highest BCUT2D eigenvalue weighted by Gasteiger charge is 2.31. The Morgan fingerprint density at radius 1 is 1.09 bits per heavy atom. The van der Waals surface area contributed by atoms with Crippen molar-refractivity contribution >= 4 is 44.7 Å². The number of carbonyl (C=O) groups excluding carboxylic acids is 1. The van der Waals surface area contributed by atoms with Crippen molar-refractivity contribution in [3.05, 3.63) is 88.2 Å². The van der Waals surface area contributed by atoms with Crippen molar-refractivity contribution in [3.63, 3.8) is 0 Å². The van der Waals surface area contributed by atoms with Crippen LogP contribution in [0.3, 0.4) is 0 Å². The number of aryl methyl sites for hydroxylation is 1. The molecule has 3 aromatic rings. The molecule has 0 saturated heterocycles. The number of sulfone groups is 1. The first kappa shape index (κ1) is 22.8. The Morgan fingerprint density at radius 3 is 2.48 bits per heavy atom. The molecule has 0 radical (unpaired) electrons. The Bertz CT molecular complexity index is 1340. The van der Waals surface area contributed by atoms with Gasteiger partial charge >= 0.3 is 5.97 Å². The molecule has 0 aliphatic carbocycles. The van der Waals surface area contributed by atoms with Crippen LogP contribution in [0.15, 0.2) is 65.6 Å². The molecule has 7 nitrogen and oxygen atoms in total. The second-order valence-electron chi connectivity index (χ2n) is 7.47. The fourth-order valence-corrected chi connectivity index (χ4v) is 5.43. The average molecular weight is 489 g/mol. The number of hydrogen-bond acceptors (Lipinski definition) is 5. The molecule has 0 fully saturated rings. The third kappa shape index (κ3) is 4.55. The molecule has 1 aliphatic heterocycles. The number of hydrogen-bond donors (Lipinski definition) is 3. The predicted molar refractivity (Wildman–Crippen MR) is 122 cm³/mol. The van der Waals surface area contributed by atoms with Crippen LogP contribution in [0.25, 0.3) is 0 Å². The van der Waals surface area contributed by atoms with Gasteiger partial charge in [-0.1, -0.05) is 23.7 Å². The Balaban J connectivity index is 1.56. The van der Waals surface area contributed by atoms with Crippen molar-refractivity contribution in [2.75, 3.05) is 10.6 Å². The lowest BCUT2D eigenvalue weighted by molar-refractivity contribution is 0.0696. The minimum Gasteiger partial charge on any atom is -0.478 e. The topological polar surface area (TPSA) is 113 Å². The fraction of sp³-hybridized carbons (Fsp3) is 0.130. The lowest BCUT2D eigenvalue weighted by atomic mass is 10.0. The minimum atomic E-state index is -3.80. The maximum Gasteiger partial charge on any atom is 0.335 e. The Hall–Kier alpha value is -3.43. The zero-order valence-corrected chi connectivity index (χ0v) is 18.6. The van der Waals surface area contributed by atoms with Gasteiger partial charge in [-0.2, -0.15) is 0 Å². The zero-order chi connectivity index (χ0) is 23.8. The predicted octanol–water partition coefficient (Wildman–Crippen LogP) is 4.59. The summed E-state index contributed by atoms with van der Waals surface area (Å²) in [7, 11) is -3.80. The highest BCUT2D eigenvalue weighted by molar-refractivity contribution is 7.92. The van der Waals surface area contributed by atoms with E-state index >= 15 is 0 Å². The molecule has 0 aromatic heterocycles. The van der Waals surface area contributed by atoms with Gasteiger partial charge in [0.15, 0.2) is 9.84 Å². The van der Waals surface area contributed by atoms with E-state index in [-0.39, 0.29) is 21.0 Å². The van der Waals surface area contributed by atoms with Crippen LogP contribution in [0.2, 0.25) is 5.02 Å². The number of carboxylic acids is 1. The number of anilines is 2. The molecule has 33 heavy (non-hydrogen) atoms. The van der Waals surface area contributed by atoms with Crippen LogP contribution in [0, 0.1) is 5.82 Å². The van der Waals surface area contributed by atoms with E-state index in [0.29, 0.717) is 24.2 Å². The van der Waals surface area contributed by atoms with E-state index < -0.39 is 32.9 Å². The summed E-state index contributed by atoms with van der Waals surface area (Å²) in [5, 5.41) is 13.6. The van der Waals surface area contributed by atoms with Gasteiger partial charge in [0.25, 0.3) is 5.91 Å². The Kier molecular flexibility index (Phi) is 6.09. The summed E-state index contributed by atoms with van der Waals surface area (Å²) >= 11 is 5.95. The molecule has 1 amide bonds. The highest BCUT2D eigenvalue weighted by atomic mass is 35.5. The normalized spacial score (nSPS) is 15.3. The van der Waals surface area contributed by atoms with Crippen LogP contribution in [0.1, 0.15) is 32.7 Å². The first-order chi connectivity index (χ1) is 15.7. The van der Waals surface area contributed by atoms with Crippen molar-refractivity contribution in [2.45, 2.75) is 23.1 Å². The second kappa shape index (κ2) is 8.84. The quantitative estimate of drug-likeness (QED) is 0.484. The molecule has 0 spiro atoms. The fourth-order valence-electron chi connectivity index (χ4n) is 3.63. The molecular formula is C23H18ClFN2O5S. The molecule has 1 unspecified atom stereocenters. The summed E-state index contributed by atoms with van der Waals surface area (Å²) in [5.74, 6) is -2.62. The van der Waals surface area contributed by atoms with Gasteiger partial charge in [0.1, 0.15) is 11.2 Å². The number of fused-ring (bicyclic) bond motifs is 1. The maximum atomic E-state index is 14.0.